The van der Waals surface area contributed by atoms with Crippen LogP contribution in [0.2, 0.25) is 0 Å². The van der Waals surface area contributed by atoms with Crippen molar-refractivity contribution in [1.29, 1.82) is 0 Å². The number of unbranched alkanes of at least 4 members (excludes halogenated alkanes) is 12. The van der Waals surface area contributed by atoms with Crippen LogP contribution in [0.15, 0.2) is 12.2 Å². The maximum absolute atomic E-state index is 14.2. The number of nitrogens with two attached hydrogens (primary N) is 2. The fourth-order valence-corrected chi connectivity index (χ4v) is 10.9. The Morgan fingerprint density at radius 3 is 2.29 bits per heavy atom. The Bertz CT molecular complexity index is 1260. The van der Waals surface area contributed by atoms with Crippen molar-refractivity contribution in [3.63, 3.8) is 0 Å². The first-order valence-electron chi connectivity index (χ1n) is 24.6. The Kier molecular flexibility index (Phi) is 20.9. The summed E-state index contributed by atoms with van der Waals surface area (Å²) in [5, 5.41) is 18.1. The lowest BCUT2D eigenvalue weighted by molar-refractivity contribution is -0.258. The van der Waals surface area contributed by atoms with Crippen molar-refractivity contribution in [3.05, 3.63) is 12.2 Å². The van der Waals surface area contributed by atoms with E-state index in [1.807, 2.05) is 0 Å². The summed E-state index contributed by atoms with van der Waals surface area (Å²) < 4.78 is 20.1. The Morgan fingerprint density at radius 2 is 1.61 bits per heavy atom. The lowest BCUT2D eigenvalue weighted by Crippen LogP contribution is -2.81. The SMILES string of the molecule is CCC[C@H]1CCC[C@]2(NC3N[C@@]4(CCC=C[C@@H](CC)O4)C[C@H]4CC[C@@H]([C@H]2C(=O)OCCCCCCCCCCCCCCCC(=O)N(CCCN)CC(O)CCN)N34)O1. The molecule has 340 valence electrons. The first-order valence-corrected chi connectivity index (χ1v) is 24.6. The molecule has 5 rings (SSSR count). The number of aliphatic hydroxyl groups excluding tert-OH is 1. The molecule has 0 aromatic carbocycles. The van der Waals surface area contributed by atoms with Gasteiger partial charge in [-0.15, -0.1) is 0 Å². The predicted octanol–water partition coefficient (Wildman–Crippen LogP) is 7.11. The molecule has 2 spiro atoms. The molecule has 2 unspecified atom stereocenters. The maximum atomic E-state index is 14.2. The van der Waals surface area contributed by atoms with E-state index in [9.17, 15) is 14.7 Å². The summed E-state index contributed by atoms with van der Waals surface area (Å²) in [5.41, 5.74) is 10.1. The zero-order chi connectivity index (χ0) is 41.9. The van der Waals surface area contributed by atoms with Crippen LogP contribution in [0.3, 0.4) is 0 Å². The predicted molar refractivity (Wildman–Crippen MR) is 235 cm³/mol. The summed E-state index contributed by atoms with van der Waals surface area (Å²) >= 11 is 0. The molecule has 1 amide bonds. The van der Waals surface area contributed by atoms with Gasteiger partial charge in [-0.05, 0) is 96.6 Å². The number of rotatable bonds is 27. The number of nitrogens with one attached hydrogen (secondary N) is 2. The Hall–Kier alpha value is -1.64. The van der Waals surface area contributed by atoms with E-state index in [1.54, 1.807) is 4.90 Å². The van der Waals surface area contributed by atoms with E-state index in [-0.39, 0.29) is 48.1 Å². The second-order valence-electron chi connectivity index (χ2n) is 18.7. The highest BCUT2D eigenvalue weighted by molar-refractivity contribution is 5.76. The molecule has 12 heteroatoms. The largest absolute Gasteiger partial charge is 0.465 e. The molecule has 5 aliphatic heterocycles. The van der Waals surface area contributed by atoms with Gasteiger partial charge in [0.15, 0.2) is 0 Å². The zero-order valence-electron chi connectivity index (χ0n) is 37.4. The number of esters is 1. The average molecular weight is 831 g/mol. The van der Waals surface area contributed by atoms with Gasteiger partial charge in [0.2, 0.25) is 5.91 Å². The number of carbonyl (C=O) groups is 2. The van der Waals surface area contributed by atoms with E-state index in [4.69, 9.17) is 25.7 Å². The second kappa shape index (κ2) is 25.5. The molecule has 0 saturated carbocycles. The van der Waals surface area contributed by atoms with Crippen molar-refractivity contribution in [3.8, 4) is 0 Å². The normalized spacial score (nSPS) is 31.0. The van der Waals surface area contributed by atoms with Gasteiger partial charge in [-0.25, -0.2) is 0 Å². The number of ether oxygens (including phenoxy) is 3. The summed E-state index contributed by atoms with van der Waals surface area (Å²) in [6, 6.07) is 0.464. The van der Waals surface area contributed by atoms with Crippen LogP contribution in [0, 0.1) is 5.92 Å². The summed E-state index contributed by atoms with van der Waals surface area (Å²) in [7, 11) is 0. The zero-order valence-corrected chi connectivity index (χ0v) is 37.4. The van der Waals surface area contributed by atoms with E-state index in [1.165, 1.54) is 57.8 Å². The summed E-state index contributed by atoms with van der Waals surface area (Å²) in [5.74, 6) is -0.287. The molecule has 59 heavy (non-hydrogen) atoms. The molecule has 4 fully saturated rings. The van der Waals surface area contributed by atoms with Crippen LogP contribution in [0.4, 0.5) is 0 Å². The van der Waals surface area contributed by atoms with Gasteiger partial charge in [0, 0.05) is 38.0 Å². The van der Waals surface area contributed by atoms with Gasteiger partial charge in [0.1, 0.15) is 23.7 Å². The van der Waals surface area contributed by atoms with Gasteiger partial charge in [0.05, 0.1) is 24.9 Å². The van der Waals surface area contributed by atoms with Crippen LogP contribution in [0.25, 0.3) is 0 Å². The van der Waals surface area contributed by atoms with E-state index in [2.05, 4.69) is 41.5 Å². The van der Waals surface area contributed by atoms with Crippen molar-refractivity contribution < 1.29 is 28.9 Å². The number of nitrogens with zero attached hydrogens (tertiary/aromatic N) is 2. The van der Waals surface area contributed by atoms with E-state index in [0.717, 1.165) is 103 Å². The maximum Gasteiger partial charge on any atom is 0.314 e. The van der Waals surface area contributed by atoms with Crippen molar-refractivity contribution in [2.24, 2.45) is 17.4 Å². The Labute approximate surface area is 358 Å². The highest BCUT2D eigenvalue weighted by Crippen LogP contribution is 2.49. The molecule has 4 saturated heterocycles. The smallest absolute Gasteiger partial charge is 0.314 e. The first-order chi connectivity index (χ1) is 28.8. The van der Waals surface area contributed by atoms with E-state index in [0.29, 0.717) is 51.7 Å². The van der Waals surface area contributed by atoms with Crippen LogP contribution in [0.5, 0.6) is 0 Å². The van der Waals surface area contributed by atoms with Gasteiger partial charge < -0.3 is 35.7 Å². The number of carbonyl (C=O) groups excluding carboxylic acids is 2. The Balaban J connectivity index is 0.957. The topological polar surface area (TPSA) is 165 Å². The number of allylic oxidation sites excluding steroid dienone is 1. The Morgan fingerprint density at radius 1 is 0.898 bits per heavy atom. The number of aliphatic hydroxyl groups is 1. The molecule has 0 aliphatic carbocycles. The summed E-state index contributed by atoms with van der Waals surface area (Å²) in [6.07, 6.45) is 32.1. The van der Waals surface area contributed by atoms with Gasteiger partial charge in [-0.2, -0.15) is 0 Å². The summed E-state index contributed by atoms with van der Waals surface area (Å²) in [4.78, 5) is 31.3. The third-order valence-electron chi connectivity index (χ3n) is 14.0. The van der Waals surface area contributed by atoms with Crippen molar-refractivity contribution in [2.75, 3.05) is 32.8 Å². The van der Waals surface area contributed by atoms with Gasteiger partial charge in [-0.3, -0.25) is 25.1 Å². The molecular formula is C47H86N6O6. The van der Waals surface area contributed by atoms with Crippen LogP contribution in [-0.2, 0) is 23.8 Å². The van der Waals surface area contributed by atoms with Crippen LogP contribution < -0.4 is 22.1 Å². The fraction of sp³-hybridized carbons (Fsp3) is 0.915. The third kappa shape index (κ3) is 14.2. The van der Waals surface area contributed by atoms with Crippen LogP contribution in [0.1, 0.15) is 187 Å². The van der Waals surface area contributed by atoms with Crippen LogP contribution in [-0.4, -0.2) is 108 Å². The highest BCUT2D eigenvalue weighted by atomic mass is 16.6. The molecule has 0 aromatic rings. The molecule has 5 heterocycles. The standard InChI is InChI=1S/C47H86N6O6/c1-3-22-40-24-20-30-47(59-40)43(41-27-26-37-35-46(50-45(51-47)53(37)41)29-18-17-23-39(4-2)58-46)44(56)57-34-19-15-13-11-9-7-5-6-8-10-12-14-16-25-42(55)52(33-21-31-48)36-38(54)28-32-49/h17,23,37-41,43,45,50-51,54H,3-16,18-22,24-36,48-49H2,1-2H3/t37-,38?,39-,40+,41+,43+,45?,46-,47+/m1/s1. The molecule has 0 aromatic heterocycles. The number of hydrogen-bond acceptors (Lipinski definition) is 11. The molecule has 9 atom stereocenters. The highest BCUT2D eigenvalue weighted by Gasteiger charge is 2.64. The van der Waals surface area contributed by atoms with Gasteiger partial charge >= 0.3 is 5.97 Å². The monoisotopic (exact) mass is 831 g/mol. The molecule has 12 nitrogen and oxygen atoms in total. The quantitative estimate of drug-likeness (QED) is 0.0326. The molecule has 7 N–H and O–H groups in total. The molecular weight excluding hydrogens is 745 g/mol. The number of hydrogen-bond donors (Lipinski definition) is 5. The van der Waals surface area contributed by atoms with Crippen LogP contribution >= 0.6 is 0 Å². The van der Waals surface area contributed by atoms with Crippen molar-refractivity contribution >= 4 is 11.9 Å². The minimum Gasteiger partial charge on any atom is -0.465 e. The fourth-order valence-electron chi connectivity index (χ4n) is 10.9. The van der Waals surface area contributed by atoms with E-state index >= 15 is 0 Å². The van der Waals surface area contributed by atoms with Gasteiger partial charge in [0.25, 0.3) is 0 Å². The second-order valence-corrected chi connectivity index (χ2v) is 18.7. The third-order valence-corrected chi connectivity index (χ3v) is 14.0. The molecule has 5 aliphatic rings. The van der Waals surface area contributed by atoms with E-state index < -0.39 is 11.8 Å². The lowest BCUT2D eigenvalue weighted by Gasteiger charge is -2.60. The average Bonchev–Trinajstić information content (AvgIpc) is 3.53. The van der Waals surface area contributed by atoms with Crippen molar-refractivity contribution in [1.82, 2.24) is 20.4 Å². The van der Waals surface area contributed by atoms with Gasteiger partial charge in [-0.1, -0.05) is 103 Å². The first kappa shape index (κ1) is 48.4. The minimum atomic E-state index is -0.724. The minimum absolute atomic E-state index is 0.0757. The lowest BCUT2D eigenvalue weighted by atomic mass is 9.79. The summed E-state index contributed by atoms with van der Waals surface area (Å²) in [6.45, 7) is 6.84. The van der Waals surface area contributed by atoms with Crippen molar-refractivity contribution in [2.45, 2.75) is 235 Å². The molecule has 0 radical (unpaired) electrons. The number of amides is 1. The molecule has 0 bridgehead atoms.